The first kappa shape index (κ1) is 13.9. The molecule has 0 unspecified atom stereocenters. The lowest BCUT2D eigenvalue weighted by Crippen LogP contribution is -2.41. The van der Waals surface area contributed by atoms with E-state index in [1.165, 1.54) is 4.88 Å². The van der Waals surface area contributed by atoms with Crippen LogP contribution in [-0.2, 0) is 12.0 Å². The van der Waals surface area contributed by atoms with Gasteiger partial charge in [0.05, 0.1) is 6.54 Å². The lowest BCUT2D eigenvalue weighted by molar-refractivity contribution is 0.245. The van der Waals surface area contributed by atoms with Crippen molar-refractivity contribution in [3.63, 3.8) is 0 Å². The Balaban J connectivity index is 2.51. The molecule has 1 aromatic heterocycles. The van der Waals surface area contributed by atoms with Crippen molar-refractivity contribution >= 4 is 34.7 Å². The van der Waals surface area contributed by atoms with Gasteiger partial charge in [0.25, 0.3) is 0 Å². The van der Waals surface area contributed by atoms with Gasteiger partial charge in [-0.3, -0.25) is 5.32 Å². The molecule has 1 aromatic rings. The summed E-state index contributed by atoms with van der Waals surface area (Å²) in [6, 6.07) is 3.74. The Labute approximate surface area is 111 Å². The molecule has 0 fully saturated rings. The highest BCUT2D eigenvalue weighted by atomic mass is 32.1. The summed E-state index contributed by atoms with van der Waals surface area (Å²) in [5.41, 5.74) is 5.33. The van der Waals surface area contributed by atoms with Crippen LogP contribution in [0.5, 0.6) is 0 Å². The second-order valence-corrected chi connectivity index (χ2v) is 6.30. The van der Waals surface area contributed by atoms with Gasteiger partial charge in [0.1, 0.15) is 0 Å². The number of hydrogen-bond donors (Lipinski definition) is 3. The summed E-state index contributed by atoms with van der Waals surface area (Å²) in [5.74, 6) is 0. The van der Waals surface area contributed by atoms with Crippen molar-refractivity contribution in [3.05, 3.63) is 21.9 Å². The van der Waals surface area contributed by atoms with Crippen molar-refractivity contribution in [2.45, 2.75) is 32.7 Å². The Morgan fingerprint density at radius 1 is 1.47 bits per heavy atom. The molecule has 17 heavy (non-hydrogen) atoms. The molecule has 0 aliphatic rings. The van der Waals surface area contributed by atoms with Crippen molar-refractivity contribution < 1.29 is 4.79 Å². The molecule has 4 N–H and O–H groups in total. The van der Waals surface area contributed by atoms with E-state index in [-0.39, 0.29) is 16.6 Å². The van der Waals surface area contributed by atoms with E-state index >= 15 is 0 Å². The van der Waals surface area contributed by atoms with E-state index in [2.05, 4.69) is 49.7 Å². The molecular weight excluding hydrogens is 254 g/mol. The van der Waals surface area contributed by atoms with E-state index < -0.39 is 0 Å². The van der Waals surface area contributed by atoms with Crippen molar-refractivity contribution in [1.82, 2.24) is 10.6 Å². The van der Waals surface area contributed by atoms with Gasteiger partial charge in [0.2, 0.25) is 0 Å². The first-order chi connectivity index (χ1) is 7.79. The maximum absolute atomic E-state index is 11.2. The van der Waals surface area contributed by atoms with E-state index in [1.807, 2.05) is 6.07 Å². The third-order valence-electron chi connectivity index (χ3n) is 2.06. The van der Waals surface area contributed by atoms with Crippen LogP contribution in [0, 0.1) is 0 Å². The van der Waals surface area contributed by atoms with E-state index in [4.69, 9.17) is 5.73 Å². The predicted molar refractivity (Wildman–Crippen MR) is 75.2 cm³/mol. The van der Waals surface area contributed by atoms with Crippen LogP contribution in [0.1, 0.15) is 30.5 Å². The molecule has 1 heterocycles. The summed E-state index contributed by atoms with van der Waals surface area (Å²) in [5, 5.41) is 4.98. The molecule has 0 aliphatic carbocycles. The summed E-state index contributed by atoms with van der Waals surface area (Å²) < 4.78 is 0. The molecular formula is C11H17N3OS2. The van der Waals surface area contributed by atoms with Gasteiger partial charge in [-0.05, 0) is 29.8 Å². The second-order valence-electron chi connectivity index (χ2n) is 4.69. The van der Waals surface area contributed by atoms with E-state index in [1.54, 1.807) is 11.3 Å². The van der Waals surface area contributed by atoms with Gasteiger partial charge in [0, 0.05) is 9.75 Å². The number of rotatable bonds is 2. The lowest BCUT2D eigenvalue weighted by Gasteiger charge is -2.15. The highest BCUT2D eigenvalue weighted by Crippen LogP contribution is 2.29. The van der Waals surface area contributed by atoms with E-state index in [9.17, 15) is 4.79 Å². The van der Waals surface area contributed by atoms with Crippen molar-refractivity contribution in [1.29, 1.82) is 0 Å². The lowest BCUT2D eigenvalue weighted by atomic mass is 9.95. The minimum absolute atomic E-state index is 0.0240. The van der Waals surface area contributed by atoms with Gasteiger partial charge < -0.3 is 11.1 Å². The maximum atomic E-state index is 11.2. The number of nitrogens with one attached hydrogen (secondary N) is 2. The Morgan fingerprint density at radius 2 is 2.12 bits per heavy atom. The number of hydrogen-bond acceptors (Lipinski definition) is 3. The minimum Gasteiger partial charge on any atom is -0.376 e. The molecule has 4 nitrogen and oxygen atoms in total. The van der Waals surface area contributed by atoms with Gasteiger partial charge in [-0.15, -0.1) is 11.3 Å². The normalized spacial score (nSPS) is 11.0. The van der Waals surface area contributed by atoms with E-state index in [0.717, 1.165) is 4.88 Å². The van der Waals surface area contributed by atoms with Gasteiger partial charge in [-0.25, -0.2) is 4.79 Å². The van der Waals surface area contributed by atoms with Gasteiger partial charge in [0.15, 0.2) is 5.11 Å². The van der Waals surface area contributed by atoms with Crippen LogP contribution >= 0.6 is 23.6 Å². The zero-order valence-corrected chi connectivity index (χ0v) is 11.8. The van der Waals surface area contributed by atoms with Crippen molar-refractivity contribution in [3.8, 4) is 0 Å². The molecule has 0 aliphatic heterocycles. The zero-order chi connectivity index (χ0) is 13.1. The van der Waals surface area contributed by atoms with Gasteiger partial charge in [-0.2, -0.15) is 0 Å². The molecule has 0 saturated carbocycles. The average molecular weight is 271 g/mol. The second kappa shape index (κ2) is 5.46. The summed E-state index contributed by atoms with van der Waals surface area (Å²) in [6.07, 6.45) is 0. The maximum Gasteiger partial charge on any atom is 0.321 e. The van der Waals surface area contributed by atoms with Crippen LogP contribution < -0.4 is 16.4 Å². The standard InChI is InChI=1S/C11H17N3OS2/c1-11(2,3)8-5-4-7(17-8)6-13-10(15)14-9(12)16/h4-5H,6H2,1-3H3,(H4,12,13,14,15,16). The first-order valence-corrected chi connectivity index (χ1v) is 6.45. The van der Waals surface area contributed by atoms with Crippen LogP contribution in [0.25, 0.3) is 0 Å². The number of thiocarbonyl (C=S) groups is 1. The monoisotopic (exact) mass is 271 g/mol. The molecule has 94 valence electrons. The molecule has 1 rings (SSSR count). The SMILES string of the molecule is CC(C)(C)c1ccc(CNC(=O)NC(N)=S)s1. The van der Waals surface area contributed by atoms with Crippen LogP contribution in [0.4, 0.5) is 4.79 Å². The quantitative estimate of drug-likeness (QED) is 0.722. The molecule has 0 bridgehead atoms. The summed E-state index contributed by atoms with van der Waals surface area (Å²) in [4.78, 5) is 13.6. The Kier molecular flexibility index (Phi) is 4.47. The Bertz CT molecular complexity index is 421. The van der Waals surface area contributed by atoms with Gasteiger partial charge >= 0.3 is 6.03 Å². The first-order valence-electron chi connectivity index (χ1n) is 5.22. The van der Waals surface area contributed by atoms with Crippen molar-refractivity contribution in [2.24, 2.45) is 5.73 Å². The summed E-state index contributed by atoms with van der Waals surface area (Å²) in [6.45, 7) is 6.97. The van der Waals surface area contributed by atoms with Crippen molar-refractivity contribution in [2.75, 3.05) is 0 Å². The highest BCUT2D eigenvalue weighted by molar-refractivity contribution is 7.80. The van der Waals surface area contributed by atoms with Gasteiger partial charge in [-0.1, -0.05) is 20.8 Å². The molecule has 0 atom stereocenters. The molecule has 0 spiro atoms. The number of carbonyl (C=O) groups is 1. The van der Waals surface area contributed by atoms with Crippen LogP contribution in [0.15, 0.2) is 12.1 Å². The number of nitrogens with two attached hydrogens (primary N) is 1. The smallest absolute Gasteiger partial charge is 0.321 e. The van der Waals surface area contributed by atoms with Crippen LogP contribution in [0.2, 0.25) is 0 Å². The fraction of sp³-hybridized carbons (Fsp3) is 0.455. The minimum atomic E-state index is -0.372. The average Bonchev–Trinajstić information content (AvgIpc) is 2.61. The largest absolute Gasteiger partial charge is 0.376 e. The predicted octanol–water partition coefficient (Wildman–Crippen LogP) is 2.09. The molecule has 2 amide bonds. The van der Waals surface area contributed by atoms with Crippen LogP contribution in [0.3, 0.4) is 0 Å². The molecule has 6 heteroatoms. The zero-order valence-electron chi connectivity index (χ0n) is 10.2. The van der Waals surface area contributed by atoms with Crippen LogP contribution in [-0.4, -0.2) is 11.1 Å². The number of amides is 2. The molecule has 0 radical (unpaired) electrons. The molecule has 0 saturated heterocycles. The Morgan fingerprint density at radius 3 is 2.59 bits per heavy atom. The summed E-state index contributed by atoms with van der Waals surface area (Å²) >= 11 is 6.26. The van der Waals surface area contributed by atoms with E-state index in [0.29, 0.717) is 6.54 Å². The Hall–Kier alpha value is -1.14. The fourth-order valence-electron chi connectivity index (χ4n) is 1.20. The summed E-state index contributed by atoms with van der Waals surface area (Å²) in [7, 11) is 0. The highest BCUT2D eigenvalue weighted by Gasteiger charge is 2.16. The molecule has 0 aromatic carbocycles. The number of carbonyl (C=O) groups excluding carboxylic acids is 1. The third kappa shape index (κ3) is 4.70. The third-order valence-corrected chi connectivity index (χ3v) is 3.67. The number of thiophene rings is 1. The number of urea groups is 1. The topological polar surface area (TPSA) is 67.2 Å². The fourth-order valence-corrected chi connectivity index (χ4v) is 2.30.